The molecule has 0 heterocycles. The van der Waals surface area contributed by atoms with Gasteiger partial charge in [0, 0.05) is 0 Å². The quantitative estimate of drug-likeness (QED) is 0.400. The minimum absolute atomic E-state index is 0.965. The molecule has 0 aliphatic carbocycles. The number of isocyanates is 1. The van der Waals surface area contributed by atoms with Gasteiger partial charge in [0.2, 0.25) is 6.08 Å². The lowest BCUT2D eigenvalue weighted by Gasteiger charge is -1.90. The van der Waals surface area contributed by atoms with Gasteiger partial charge in [-0.25, -0.2) is 9.59 Å². The number of nitrogens with zero attached hydrogens (tertiary/aromatic N) is 1. The third-order valence-electron chi connectivity index (χ3n) is 0.604. The molecule has 4 heteroatoms. The number of rotatable bonds is 2. The fourth-order valence-corrected chi connectivity index (χ4v) is 0.134. The summed E-state index contributed by atoms with van der Waals surface area (Å²) in [5.74, 6) is -1.12. The Morgan fingerprint density at radius 2 is 2.38 bits per heavy atom. The predicted octanol–water partition coefficient (Wildman–Crippen LogP) is -0.205. The highest BCUT2D eigenvalue weighted by Crippen LogP contribution is 1.84. The van der Waals surface area contributed by atoms with E-state index in [1.807, 2.05) is 0 Å². The lowest BCUT2D eigenvalue weighted by molar-refractivity contribution is -0.137. The van der Waals surface area contributed by atoms with Crippen molar-refractivity contribution in [1.82, 2.24) is 0 Å². The Labute approximate surface area is 45.8 Å². The lowest BCUT2D eigenvalue weighted by atomic mass is 10.4. The second kappa shape index (κ2) is 2.93. The summed E-state index contributed by atoms with van der Waals surface area (Å²) in [5.41, 5.74) is 0. The van der Waals surface area contributed by atoms with E-state index in [1.165, 1.54) is 6.92 Å². The lowest BCUT2D eigenvalue weighted by Crippen LogP contribution is -2.12. The molecule has 0 unspecified atom stereocenters. The first-order valence-corrected chi connectivity index (χ1v) is 1.98. The maximum atomic E-state index is 9.82. The van der Waals surface area contributed by atoms with Crippen LogP contribution in [0.25, 0.3) is 0 Å². The van der Waals surface area contributed by atoms with Gasteiger partial charge in [0.25, 0.3) is 0 Å². The average Bonchev–Trinajstić information content (AvgIpc) is 1.67. The van der Waals surface area contributed by atoms with Crippen LogP contribution in [0.5, 0.6) is 0 Å². The van der Waals surface area contributed by atoms with Crippen molar-refractivity contribution < 1.29 is 14.7 Å². The summed E-state index contributed by atoms with van der Waals surface area (Å²) in [6.07, 6.45) is 1.14. The summed E-state index contributed by atoms with van der Waals surface area (Å²) in [6, 6.07) is -0.965. The molecule has 0 rings (SSSR count). The van der Waals surface area contributed by atoms with Crippen LogP contribution < -0.4 is 0 Å². The van der Waals surface area contributed by atoms with Gasteiger partial charge in [-0.2, -0.15) is 4.99 Å². The molecular weight excluding hydrogens is 110 g/mol. The average molecular weight is 115 g/mol. The van der Waals surface area contributed by atoms with Crippen molar-refractivity contribution in [3.8, 4) is 0 Å². The molecule has 0 spiro atoms. The van der Waals surface area contributed by atoms with E-state index in [2.05, 4.69) is 4.99 Å². The minimum Gasteiger partial charge on any atom is -0.480 e. The molecule has 0 radical (unpaired) electrons. The summed E-state index contributed by atoms with van der Waals surface area (Å²) in [7, 11) is 0. The fourth-order valence-electron chi connectivity index (χ4n) is 0.134. The van der Waals surface area contributed by atoms with Gasteiger partial charge in [-0.3, -0.25) is 0 Å². The van der Waals surface area contributed by atoms with Gasteiger partial charge < -0.3 is 5.11 Å². The van der Waals surface area contributed by atoms with Crippen molar-refractivity contribution in [2.24, 2.45) is 4.99 Å². The first-order valence-electron chi connectivity index (χ1n) is 1.98. The number of carboxylic acids is 1. The van der Waals surface area contributed by atoms with Crippen LogP contribution in [0.4, 0.5) is 0 Å². The van der Waals surface area contributed by atoms with Gasteiger partial charge in [-0.15, -0.1) is 0 Å². The Bertz CT molecular complexity index is 134. The molecule has 0 aromatic carbocycles. The van der Waals surface area contributed by atoms with Crippen molar-refractivity contribution in [2.45, 2.75) is 13.0 Å². The molecule has 0 amide bonds. The number of aliphatic carboxylic acids is 1. The number of carboxylic acid groups (broad SMARTS) is 1. The van der Waals surface area contributed by atoms with E-state index in [-0.39, 0.29) is 0 Å². The molecule has 0 aliphatic heterocycles. The van der Waals surface area contributed by atoms with Gasteiger partial charge in [0.15, 0.2) is 6.04 Å². The zero-order chi connectivity index (χ0) is 6.57. The van der Waals surface area contributed by atoms with Crippen LogP contribution in [-0.4, -0.2) is 23.2 Å². The van der Waals surface area contributed by atoms with Gasteiger partial charge in [0.05, 0.1) is 0 Å². The molecule has 0 aromatic heterocycles. The van der Waals surface area contributed by atoms with Gasteiger partial charge in [-0.05, 0) is 6.92 Å². The van der Waals surface area contributed by atoms with Crippen LogP contribution in [-0.2, 0) is 9.59 Å². The Kier molecular flexibility index (Phi) is 2.51. The molecule has 1 atom stereocenters. The van der Waals surface area contributed by atoms with E-state index in [0.29, 0.717) is 0 Å². The Balaban J connectivity index is 3.82. The van der Waals surface area contributed by atoms with E-state index >= 15 is 0 Å². The molecular formula is C4H5NO3. The van der Waals surface area contributed by atoms with Crippen LogP contribution in [0.3, 0.4) is 0 Å². The molecule has 44 valence electrons. The normalized spacial score (nSPS) is 11.6. The summed E-state index contributed by atoms with van der Waals surface area (Å²) in [5, 5.41) is 8.04. The van der Waals surface area contributed by atoms with Crippen LogP contribution >= 0.6 is 0 Å². The minimum atomic E-state index is -1.12. The zero-order valence-electron chi connectivity index (χ0n) is 4.29. The smallest absolute Gasteiger partial charge is 0.329 e. The first-order chi connectivity index (χ1) is 3.68. The summed E-state index contributed by atoms with van der Waals surface area (Å²) < 4.78 is 0. The fraction of sp³-hybridized carbons (Fsp3) is 0.500. The van der Waals surface area contributed by atoms with Crippen LogP contribution in [0.1, 0.15) is 6.92 Å². The zero-order valence-corrected chi connectivity index (χ0v) is 4.29. The van der Waals surface area contributed by atoms with Crippen LogP contribution in [0, 0.1) is 0 Å². The van der Waals surface area contributed by atoms with E-state index in [1.54, 1.807) is 0 Å². The third kappa shape index (κ3) is 2.10. The van der Waals surface area contributed by atoms with Crippen LogP contribution in [0.2, 0.25) is 0 Å². The number of hydrogen-bond acceptors (Lipinski definition) is 3. The maximum absolute atomic E-state index is 9.82. The summed E-state index contributed by atoms with van der Waals surface area (Å²) >= 11 is 0. The topological polar surface area (TPSA) is 66.7 Å². The highest BCUT2D eigenvalue weighted by Gasteiger charge is 2.06. The molecule has 0 saturated carbocycles. The van der Waals surface area contributed by atoms with Crippen LogP contribution in [0.15, 0.2) is 4.99 Å². The SMILES string of the molecule is C[C@H](N=C=O)C(=O)O. The maximum Gasteiger partial charge on any atom is 0.329 e. The summed E-state index contributed by atoms with van der Waals surface area (Å²) in [4.78, 5) is 22.1. The first kappa shape index (κ1) is 6.85. The van der Waals surface area contributed by atoms with Gasteiger partial charge in [0.1, 0.15) is 0 Å². The van der Waals surface area contributed by atoms with Crippen molar-refractivity contribution in [3.05, 3.63) is 0 Å². The molecule has 0 aliphatic rings. The molecule has 0 fully saturated rings. The van der Waals surface area contributed by atoms with E-state index in [9.17, 15) is 9.59 Å². The number of hydrogen-bond donors (Lipinski definition) is 1. The molecule has 4 nitrogen and oxygen atoms in total. The largest absolute Gasteiger partial charge is 0.480 e. The van der Waals surface area contributed by atoms with Gasteiger partial charge in [-0.1, -0.05) is 0 Å². The second-order valence-corrected chi connectivity index (χ2v) is 1.23. The molecule has 1 N–H and O–H groups in total. The molecule has 0 saturated heterocycles. The number of carbonyl (C=O) groups excluding carboxylic acids is 1. The second-order valence-electron chi connectivity index (χ2n) is 1.23. The van der Waals surface area contributed by atoms with E-state index < -0.39 is 12.0 Å². The molecule has 8 heavy (non-hydrogen) atoms. The monoisotopic (exact) mass is 115 g/mol. The van der Waals surface area contributed by atoms with E-state index in [4.69, 9.17) is 5.11 Å². The third-order valence-corrected chi connectivity index (χ3v) is 0.604. The number of carbonyl (C=O) groups is 1. The van der Waals surface area contributed by atoms with Crippen molar-refractivity contribution in [2.75, 3.05) is 0 Å². The van der Waals surface area contributed by atoms with Crippen molar-refractivity contribution in [1.29, 1.82) is 0 Å². The Morgan fingerprint density at radius 3 is 2.50 bits per heavy atom. The summed E-state index contributed by atoms with van der Waals surface area (Å²) in [6.45, 7) is 1.30. The Hall–Kier alpha value is -1.15. The van der Waals surface area contributed by atoms with E-state index in [0.717, 1.165) is 6.08 Å². The highest BCUT2D eigenvalue weighted by atomic mass is 16.4. The predicted molar refractivity (Wildman–Crippen MR) is 25.2 cm³/mol. The highest BCUT2D eigenvalue weighted by molar-refractivity contribution is 5.74. The van der Waals surface area contributed by atoms with Crippen molar-refractivity contribution >= 4 is 12.0 Å². The van der Waals surface area contributed by atoms with Gasteiger partial charge >= 0.3 is 5.97 Å². The number of aliphatic imine (C=N–C) groups is 1. The molecule has 0 bridgehead atoms. The molecule has 0 aromatic rings. The Morgan fingerprint density at radius 1 is 1.88 bits per heavy atom. The van der Waals surface area contributed by atoms with Crippen molar-refractivity contribution in [3.63, 3.8) is 0 Å². The standard InChI is InChI=1S/C4H5NO3/c1-3(4(7)8)5-2-6/h3H,1H3,(H,7,8)/t3-/m0/s1.